The lowest BCUT2D eigenvalue weighted by atomic mass is 9.65. The summed E-state index contributed by atoms with van der Waals surface area (Å²) in [6.07, 6.45) is 7.74. The van der Waals surface area contributed by atoms with Gasteiger partial charge in [-0.15, -0.1) is 13.2 Å². The third-order valence-corrected chi connectivity index (χ3v) is 3.40. The lowest BCUT2D eigenvalue weighted by molar-refractivity contribution is 0.111. The topological polar surface area (TPSA) is 0 Å². The molecule has 2 bridgehead atoms. The van der Waals surface area contributed by atoms with E-state index in [9.17, 15) is 0 Å². The average Bonchev–Trinajstić information content (AvgIpc) is 2.10. The number of hydrogen-bond acceptors (Lipinski definition) is 0. The SMILES string of the molecule is C=C.CC1CC2CCC1CC2. The summed E-state index contributed by atoms with van der Waals surface area (Å²) in [5.74, 6) is 3.32. The van der Waals surface area contributed by atoms with Crippen molar-refractivity contribution in [1.82, 2.24) is 0 Å². The molecule has 0 spiro atoms. The molecule has 0 amide bonds. The van der Waals surface area contributed by atoms with Gasteiger partial charge in [-0.1, -0.05) is 19.8 Å². The van der Waals surface area contributed by atoms with Gasteiger partial charge in [-0.05, 0) is 37.0 Å². The average molecular weight is 152 g/mol. The van der Waals surface area contributed by atoms with E-state index in [2.05, 4.69) is 20.1 Å². The molecule has 3 aliphatic carbocycles. The Morgan fingerprint density at radius 1 is 1.00 bits per heavy atom. The number of rotatable bonds is 0. The van der Waals surface area contributed by atoms with Crippen LogP contribution in [-0.4, -0.2) is 0 Å². The molecule has 0 aromatic carbocycles. The lowest BCUT2D eigenvalue weighted by Crippen LogP contribution is -2.29. The van der Waals surface area contributed by atoms with Crippen molar-refractivity contribution in [3.8, 4) is 0 Å². The normalized spacial score (nSPS) is 41.0. The molecule has 0 aromatic heterocycles. The molecule has 0 nitrogen and oxygen atoms in total. The van der Waals surface area contributed by atoms with Crippen molar-refractivity contribution in [3.63, 3.8) is 0 Å². The second-order valence-corrected chi connectivity index (χ2v) is 3.99. The molecular formula is C11H20. The third-order valence-electron chi connectivity index (χ3n) is 3.40. The molecule has 3 saturated carbocycles. The number of hydrogen-bond donors (Lipinski definition) is 0. The van der Waals surface area contributed by atoms with Crippen LogP contribution in [-0.2, 0) is 0 Å². The van der Waals surface area contributed by atoms with E-state index in [0.717, 1.165) is 17.8 Å². The van der Waals surface area contributed by atoms with Crippen LogP contribution in [0, 0.1) is 17.8 Å². The summed E-state index contributed by atoms with van der Waals surface area (Å²) >= 11 is 0. The molecule has 3 fully saturated rings. The molecule has 0 N–H and O–H groups in total. The zero-order chi connectivity index (χ0) is 8.27. The highest BCUT2D eigenvalue weighted by atomic mass is 14.4. The van der Waals surface area contributed by atoms with Gasteiger partial charge in [0.15, 0.2) is 0 Å². The van der Waals surface area contributed by atoms with Crippen LogP contribution in [0.25, 0.3) is 0 Å². The van der Waals surface area contributed by atoms with Crippen LogP contribution in [0.5, 0.6) is 0 Å². The predicted octanol–water partition coefficient (Wildman–Crippen LogP) is 3.63. The molecule has 1 atom stereocenters. The summed E-state index contributed by atoms with van der Waals surface area (Å²) in [5, 5.41) is 0. The molecule has 0 aromatic rings. The molecule has 0 heterocycles. The maximum atomic E-state index is 3.00. The summed E-state index contributed by atoms with van der Waals surface area (Å²) in [6.45, 7) is 8.44. The van der Waals surface area contributed by atoms with E-state index in [1.165, 1.54) is 0 Å². The maximum absolute atomic E-state index is 3.00. The van der Waals surface area contributed by atoms with Crippen molar-refractivity contribution in [3.05, 3.63) is 13.2 Å². The van der Waals surface area contributed by atoms with Crippen LogP contribution in [0.4, 0.5) is 0 Å². The van der Waals surface area contributed by atoms with Gasteiger partial charge in [0.1, 0.15) is 0 Å². The highest BCUT2D eigenvalue weighted by Gasteiger charge is 2.32. The van der Waals surface area contributed by atoms with E-state index in [0.29, 0.717) is 0 Å². The molecule has 1 unspecified atom stereocenters. The minimum absolute atomic E-state index is 1.07. The van der Waals surface area contributed by atoms with Gasteiger partial charge in [-0.3, -0.25) is 0 Å². The highest BCUT2D eigenvalue weighted by Crippen LogP contribution is 2.44. The second-order valence-electron chi connectivity index (χ2n) is 3.99. The van der Waals surface area contributed by atoms with Crippen LogP contribution in [0.2, 0.25) is 0 Å². The van der Waals surface area contributed by atoms with Gasteiger partial charge in [0.05, 0.1) is 0 Å². The van der Waals surface area contributed by atoms with E-state index in [4.69, 9.17) is 0 Å². The van der Waals surface area contributed by atoms with E-state index >= 15 is 0 Å². The van der Waals surface area contributed by atoms with E-state index in [1.54, 1.807) is 32.1 Å². The Balaban J connectivity index is 0.000000281. The van der Waals surface area contributed by atoms with Crippen molar-refractivity contribution in [2.45, 2.75) is 39.0 Å². The van der Waals surface area contributed by atoms with Gasteiger partial charge in [0, 0.05) is 0 Å². The van der Waals surface area contributed by atoms with Crippen LogP contribution in [0.15, 0.2) is 13.2 Å². The van der Waals surface area contributed by atoms with Crippen LogP contribution in [0.1, 0.15) is 39.0 Å². The minimum Gasteiger partial charge on any atom is -0.106 e. The highest BCUT2D eigenvalue weighted by molar-refractivity contribution is 4.83. The monoisotopic (exact) mass is 152 g/mol. The Hall–Kier alpha value is -0.260. The zero-order valence-corrected chi connectivity index (χ0v) is 7.68. The first-order valence-corrected chi connectivity index (χ1v) is 4.86. The van der Waals surface area contributed by atoms with Gasteiger partial charge < -0.3 is 0 Å². The van der Waals surface area contributed by atoms with Crippen molar-refractivity contribution in [2.75, 3.05) is 0 Å². The van der Waals surface area contributed by atoms with Crippen LogP contribution < -0.4 is 0 Å². The zero-order valence-electron chi connectivity index (χ0n) is 7.68. The first-order valence-electron chi connectivity index (χ1n) is 4.86. The molecule has 0 aliphatic heterocycles. The van der Waals surface area contributed by atoms with Crippen LogP contribution >= 0.6 is 0 Å². The smallest absolute Gasteiger partial charge is 0.0388 e. The van der Waals surface area contributed by atoms with Gasteiger partial charge in [0.25, 0.3) is 0 Å². The molecule has 3 aliphatic rings. The van der Waals surface area contributed by atoms with Crippen molar-refractivity contribution >= 4 is 0 Å². The number of fused-ring (bicyclic) bond motifs is 3. The summed E-state index contributed by atoms with van der Waals surface area (Å²) in [5.41, 5.74) is 0. The van der Waals surface area contributed by atoms with Gasteiger partial charge in [0.2, 0.25) is 0 Å². The molecule has 11 heavy (non-hydrogen) atoms. The minimum atomic E-state index is 1.07. The Labute approximate surface area is 70.7 Å². The van der Waals surface area contributed by atoms with E-state index in [1.807, 2.05) is 0 Å². The Kier molecular flexibility index (Phi) is 3.16. The molecule has 64 valence electrons. The molecule has 0 radical (unpaired) electrons. The third kappa shape index (κ3) is 1.85. The van der Waals surface area contributed by atoms with E-state index in [-0.39, 0.29) is 0 Å². The molecular weight excluding hydrogens is 132 g/mol. The molecule has 3 rings (SSSR count). The quantitative estimate of drug-likeness (QED) is 0.465. The van der Waals surface area contributed by atoms with Crippen molar-refractivity contribution in [1.29, 1.82) is 0 Å². The summed E-state index contributed by atoms with van der Waals surface area (Å²) < 4.78 is 0. The Morgan fingerprint density at radius 3 is 1.73 bits per heavy atom. The summed E-state index contributed by atoms with van der Waals surface area (Å²) in [4.78, 5) is 0. The van der Waals surface area contributed by atoms with Gasteiger partial charge in [-0.2, -0.15) is 0 Å². The fraction of sp³-hybridized carbons (Fsp3) is 0.818. The lowest BCUT2D eigenvalue weighted by Gasteiger charge is -2.40. The first-order chi connectivity index (χ1) is 5.36. The van der Waals surface area contributed by atoms with E-state index < -0.39 is 0 Å². The molecule has 0 heteroatoms. The largest absolute Gasteiger partial charge is 0.106 e. The summed E-state index contributed by atoms with van der Waals surface area (Å²) in [6, 6.07) is 0. The van der Waals surface area contributed by atoms with Gasteiger partial charge in [-0.25, -0.2) is 0 Å². The fourth-order valence-corrected chi connectivity index (χ4v) is 2.71. The van der Waals surface area contributed by atoms with Crippen molar-refractivity contribution in [2.24, 2.45) is 17.8 Å². The first kappa shape index (κ1) is 8.83. The maximum Gasteiger partial charge on any atom is -0.0388 e. The summed E-state index contributed by atoms with van der Waals surface area (Å²) in [7, 11) is 0. The Bertz CT molecular complexity index is 109. The predicted molar refractivity (Wildman–Crippen MR) is 50.5 cm³/mol. The molecule has 0 saturated heterocycles. The van der Waals surface area contributed by atoms with Gasteiger partial charge >= 0.3 is 0 Å². The van der Waals surface area contributed by atoms with Crippen molar-refractivity contribution < 1.29 is 0 Å². The fourth-order valence-electron chi connectivity index (χ4n) is 2.71. The van der Waals surface area contributed by atoms with Crippen LogP contribution in [0.3, 0.4) is 0 Å². The Morgan fingerprint density at radius 2 is 1.55 bits per heavy atom. The second kappa shape index (κ2) is 3.94. The standard InChI is InChI=1S/C9H16.C2H4/c1-7-6-8-2-4-9(7)5-3-8;1-2/h7-9H,2-6H2,1H3;1-2H2.